The van der Waals surface area contributed by atoms with Gasteiger partial charge in [0, 0.05) is 50.0 Å². The summed E-state index contributed by atoms with van der Waals surface area (Å²) in [5.74, 6) is 2.07. The molecule has 0 unspecified atom stereocenters. The summed E-state index contributed by atoms with van der Waals surface area (Å²) < 4.78 is 6.15. The van der Waals surface area contributed by atoms with Gasteiger partial charge in [0.05, 0.1) is 11.9 Å². The number of aromatic nitrogens is 1. The number of nitrogens with zero attached hydrogens (tertiary/aromatic N) is 3. The number of aliphatic imine (C=N–C) groups is 1. The number of pyridine rings is 1. The maximum Gasteiger partial charge on any atom is 0.217 e. The molecule has 6 heteroatoms. The van der Waals surface area contributed by atoms with Crippen molar-refractivity contribution in [2.75, 3.05) is 4.90 Å². The van der Waals surface area contributed by atoms with Gasteiger partial charge in [0.1, 0.15) is 11.3 Å². The number of phenols is 1. The van der Waals surface area contributed by atoms with E-state index in [9.17, 15) is 5.11 Å². The van der Waals surface area contributed by atoms with Gasteiger partial charge < -0.3 is 19.7 Å². The molecule has 39 heavy (non-hydrogen) atoms. The number of fused-ring (bicyclic) bond motifs is 2. The van der Waals surface area contributed by atoms with Crippen molar-refractivity contribution in [2.24, 2.45) is 10.4 Å². The summed E-state index contributed by atoms with van der Waals surface area (Å²) in [5, 5.41) is 11.1. The van der Waals surface area contributed by atoms with E-state index in [0.29, 0.717) is 23.2 Å². The molecule has 0 spiro atoms. The van der Waals surface area contributed by atoms with E-state index < -0.39 is 0 Å². The molecule has 1 N–H and O–H groups in total. The summed E-state index contributed by atoms with van der Waals surface area (Å²) in [4.78, 5) is 12.4. The molecule has 1 aliphatic heterocycles. The van der Waals surface area contributed by atoms with Crippen molar-refractivity contribution >= 4 is 22.4 Å². The number of anilines is 1. The number of amidine groups is 1. The van der Waals surface area contributed by atoms with Crippen molar-refractivity contribution < 1.29 is 30.9 Å². The Labute approximate surface area is 245 Å². The zero-order valence-corrected chi connectivity index (χ0v) is 25.6. The number of para-hydroxylation sites is 1. The predicted molar refractivity (Wildman–Crippen MR) is 154 cm³/mol. The van der Waals surface area contributed by atoms with Crippen LogP contribution in [0.5, 0.6) is 17.4 Å². The van der Waals surface area contributed by atoms with E-state index in [0.717, 1.165) is 29.6 Å². The average molecular weight is 700 g/mol. The molecule has 1 aliphatic carbocycles. The van der Waals surface area contributed by atoms with Gasteiger partial charge in [-0.1, -0.05) is 38.1 Å². The van der Waals surface area contributed by atoms with Crippen LogP contribution in [0.2, 0.25) is 0 Å². The molecule has 0 amide bonds. The minimum atomic E-state index is 0. The molecule has 2 atom stereocenters. The maximum absolute atomic E-state index is 10.2. The van der Waals surface area contributed by atoms with Crippen molar-refractivity contribution in [3.05, 3.63) is 88.5 Å². The van der Waals surface area contributed by atoms with Gasteiger partial charge in [-0.3, -0.25) is 0 Å². The molecule has 0 radical (unpaired) electrons. The molecular weight excluding hydrogens is 665 g/mol. The number of hydrogen-bond acceptors (Lipinski definition) is 5. The monoisotopic (exact) mass is 699 g/mol. The third kappa shape index (κ3) is 4.65. The number of ether oxygens (including phenoxy) is 1. The number of aryl methyl sites for hydroxylation is 2. The molecule has 0 bridgehead atoms. The number of aromatic hydroxyl groups is 1. The third-order valence-electron chi connectivity index (χ3n) is 8.54. The molecule has 1 fully saturated rings. The molecule has 204 valence electrons. The normalized spacial score (nSPS) is 19.5. The van der Waals surface area contributed by atoms with Crippen molar-refractivity contribution in [3.8, 4) is 17.4 Å². The van der Waals surface area contributed by atoms with E-state index in [1.807, 2.05) is 30.3 Å². The van der Waals surface area contributed by atoms with Gasteiger partial charge in [0.25, 0.3) is 0 Å². The minimum Gasteiger partial charge on any atom is -0.506 e. The molecule has 0 saturated heterocycles. The Kier molecular flexibility index (Phi) is 7.09. The Morgan fingerprint density at radius 2 is 1.69 bits per heavy atom. The first-order valence-electron chi connectivity index (χ1n) is 13.4. The smallest absolute Gasteiger partial charge is 0.217 e. The molecule has 5 nitrogen and oxygen atoms in total. The van der Waals surface area contributed by atoms with Crippen LogP contribution in [0, 0.1) is 39.2 Å². The fourth-order valence-corrected chi connectivity index (χ4v) is 6.18. The van der Waals surface area contributed by atoms with Crippen LogP contribution in [0.3, 0.4) is 0 Å². The summed E-state index contributed by atoms with van der Waals surface area (Å²) in [6.45, 7) is 13.5. The summed E-state index contributed by atoms with van der Waals surface area (Å²) in [5.41, 5.74) is 8.05. The molecule has 2 heterocycles. The molecule has 2 aliphatic rings. The SMILES string of the molecule is Cc1cc(C)c(C)c(N2C(c3[c-]c(Oc4ccc5cccc(O)c5n4)ccc3)=N[C@@H]3[C@@H]2CCC3(C)C)c1C.[Pt]. The topological polar surface area (TPSA) is 58.0 Å². The van der Waals surface area contributed by atoms with Crippen molar-refractivity contribution in [1.82, 2.24) is 4.98 Å². The van der Waals surface area contributed by atoms with E-state index in [1.54, 1.807) is 12.1 Å². The zero-order chi connectivity index (χ0) is 26.8. The van der Waals surface area contributed by atoms with Gasteiger partial charge in [-0.15, -0.1) is 23.8 Å². The standard InChI is InChI=1S/C33H34N3O2.Pt/c1-19-17-20(2)22(4)30(21(19)3)36-26-15-16-33(5,6)31(26)35-32(36)24-10-7-11-25(18-24)38-28-14-13-23-9-8-12-27(37)29(23)34-28;/h7-14,17,26,31,37H,15-16H2,1-6H3;/q-1;/t26-,31+;/m0./s1. The molecule has 1 aromatic heterocycles. The van der Waals surface area contributed by atoms with Crippen LogP contribution in [0.25, 0.3) is 10.9 Å². The Bertz CT molecular complexity index is 1580. The van der Waals surface area contributed by atoms with Gasteiger partial charge in [-0.25, -0.2) is 4.98 Å². The van der Waals surface area contributed by atoms with Crippen molar-refractivity contribution in [2.45, 2.75) is 66.5 Å². The fraction of sp³-hybridized carbons (Fsp3) is 0.333. The van der Waals surface area contributed by atoms with Gasteiger partial charge in [-0.2, -0.15) is 0 Å². The van der Waals surface area contributed by atoms with Crippen LogP contribution in [0.4, 0.5) is 5.69 Å². The van der Waals surface area contributed by atoms with Crippen molar-refractivity contribution in [1.29, 1.82) is 0 Å². The Morgan fingerprint density at radius 1 is 0.974 bits per heavy atom. The van der Waals surface area contributed by atoms with Crippen LogP contribution in [0.1, 0.15) is 54.5 Å². The van der Waals surface area contributed by atoms with E-state index in [2.05, 4.69) is 69.6 Å². The summed E-state index contributed by atoms with van der Waals surface area (Å²) in [6, 6.07) is 21.3. The summed E-state index contributed by atoms with van der Waals surface area (Å²) in [7, 11) is 0. The molecule has 3 aromatic carbocycles. The predicted octanol–water partition coefficient (Wildman–Crippen LogP) is 7.59. The molecule has 4 aromatic rings. The van der Waals surface area contributed by atoms with Crippen LogP contribution >= 0.6 is 0 Å². The number of benzene rings is 3. The average Bonchev–Trinajstić information content (AvgIpc) is 3.41. The van der Waals surface area contributed by atoms with Crippen LogP contribution < -0.4 is 9.64 Å². The second-order valence-corrected chi connectivity index (χ2v) is 11.5. The Balaban J connectivity index is 0.00000308. The first-order chi connectivity index (χ1) is 18.1. The minimum absolute atomic E-state index is 0. The quantitative estimate of drug-likeness (QED) is 0.223. The number of hydrogen-bond donors (Lipinski definition) is 1. The van der Waals surface area contributed by atoms with Crippen LogP contribution in [-0.2, 0) is 21.1 Å². The van der Waals surface area contributed by atoms with Crippen LogP contribution in [0.15, 0.2) is 59.6 Å². The Morgan fingerprint density at radius 3 is 2.44 bits per heavy atom. The fourth-order valence-electron chi connectivity index (χ4n) is 6.18. The summed E-state index contributed by atoms with van der Waals surface area (Å²) >= 11 is 0. The van der Waals surface area contributed by atoms with Gasteiger partial charge in [-0.05, 0) is 80.3 Å². The van der Waals surface area contributed by atoms with Crippen LogP contribution in [-0.4, -0.2) is 28.0 Å². The van der Waals surface area contributed by atoms with E-state index in [4.69, 9.17) is 9.73 Å². The van der Waals surface area contributed by atoms with Crippen molar-refractivity contribution in [3.63, 3.8) is 0 Å². The van der Waals surface area contributed by atoms with Gasteiger partial charge in [0.2, 0.25) is 5.88 Å². The third-order valence-corrected chi connectivity index (χ3v) is 8.54. The first-order valence-corrected chi connectivity index (χ1v) is 13.4. The van der Waals surface area contributed by atoms with Gasteiger partial charge in [0.15, 0.2) is 0 Å². The van der Waals surface area contributed by atoms with E-state index >= 15 is 0 Å². The largest absolute Gasteiger partial charge is 0.506 e. The zero-order valence-electron chi connectivity index (χ0n) is 23.3. The summed E-state index contributed by atoms with van der Waals surface area (Å²) in [6.07, 6.45) is 2.27. The van der Waals surface area contributed by atoms with E-state index in [-0.39, 0.29) is 38.3 Å². The first kappa shape index (κ1) is 27.4. The molecule has 6 rings (SSSR count). The maximum atomic E-state index is 10.2. The Hall–Kier alpha value is -3.17. The second kappa shape index (κ2) is 10.1. The molecule has 1 saturated carbocycles. The second-order valence-electron chi connectivity index (χ2n) is 11.5. The van der Waals surface area contributed by atoms with Gasteiger partial charge >= 0.3 is 0 Å². The molecular formula is C33H34N3O2Pt-. The van der Waals surface area contributed by atoms with E-state index in [1.165, 1.54) is 27.9 Å². The number of rotatable bonds is 4. The number of phenolic OH excluding ortho intramolecular Hbond substituents is 1.